The van der Waals surface area contributed by atoms with E-state index in [1.54, 1.807) is 10.9 Å². The minimum absolute atomic E-state index is 0.0599. The summed E-state index contributed by atoms with van der Waals surface area (Å²) in [6, 6.07) is 18.0. The van der Waals surface area contributed by atoms with Gasteiger partial charge >= 0.3 is 0 Å². The van der Waals surface area contributed by atoms with Crippen LogP contribution in [0.25, 0.3) is 11.1 Å². The number of furan rings is 1. The topological polar surface area (TPSA) is 73.8 Å². The van der Waals surface area contributed by atoms with E-state index in [-0.39, 0.29) is 11.5 Å². The van der Waals surface area contributed by atoms with E-state index < -0.39 is 0 Å². The molecule has 2 aromatic heterocycles. The van der Waals surface area contributed by atoms with Crippen molar-refractivity contribution < 1.29 is 9.21 Å². The van der Waals surface area contributed by atoms with Crippen molar-refractivity contribution in [3.05, 3.63) is 83.3 Å². The van der Waals surface area contributed by atoms with E-state index >= 15 is 0 Å². The summed E-state index contributed by atoms with van der Waals surface area (Å²) in [6.45, 7) is 0.437. The largest absolute Gasteiger partial charge is 0.467 e. The zero-order valence-corrected chi connectivity index (χ0v) is 15.7. The average Bonchev–Trinajstić information content (AvgIpc) is 3.46. The fourth-order valence-corrected chi connectivity index (χ4v) is 4.23. The number of hydrogen-bond donors (Lipinski definition) is 0. The minimum Gasteiger partial charge on any atom is -0.467 e. The summed E-state index contributed by atoms with van der Waals surface area (Å²) < 4.78 is 6.97. The molecule has 0 radical (unpaired) electrons. The first-order valence-corrected chi connectivity index (χ1v) is 9.92. The average molecular weight is 388 g/mol. The number of thioether (sulfide) groups is 1. The quantitative estimate of drug-likeness (QED) is 0.325. The fourth-order valence-electron chi connectivity index (χ4n) is 3.46. The molecule has 0 aliphatic heterocycles. The van der Waals surface area contributed by atoms with E-state index in [1.165, 1.54) is 28.5 Å². The first-order chi connectivity index (χ1) is 13.8. The van der Waals surface area contributed by atoms with E-state index in [0.717, 1.165) is 17.7 Å². The second kappa shape index (κ2) is 7.09. The summed E-state index contributed by atoms with van der Waals surface area (Å²) in [7, 11) is 0. The van der Waals surface area contributed by atoms with Gasteiger partial charge < -0.3 is 4.42 Å². The molecule has 2 heterocycles. The Bertz CT molecular complexity index is 1150. The Morgan fingerprint density at radius 1 is 1.07 bits per heavy atom. The molecular formula is C21H16N4O2S. The lowest BCUT2D eigenvalue weighted by Crippen LogP contribution is -2.07. The second-order valence-corrected chi connectivity index (χ2v) is 7.56. The first kappa shape index (κ1) is 16.9. The molecule has 0 saturated carbocycles. The molecular weight excluding hydrogens is 372 g/mol. The third kappa shape index (κ3) is 3.14. The highest BCUT2D eigenvalue weighted by molar-refractivity contribution is 7.99. The molecule has 28 heavy (non-hydrogen) atoms. The maximum Gasteiger partial charge on any atom is 0.210 e. The van der Waals surface area contributed by atoms with Crippen LogP contribution in [0.2, 0.25) is 0 Å². The van der Waals surface area contributed by atoms with Crippen molar-refractivity contribution in [1.29, 1.82) is 0 Å². The molecule has 0 saturated heterocycles. The maximum atomic E-state index is 12.8. The molecule has 6 nitrogen and oxygen atoms in total. The van der Waals surface area contributed by atoms with Crippen LogP contribution in [0, 0.1) is 0 Å². The van der Waals surface area contributed by atoms with E-state index in [1.807, 2.05) is 30.3 Å². The normalized spacial score (nSPS) is 12.0. The van der Waals surface area contributed by atoms with Gasteiger partial charge in [-0.15, -0.1) is 5.10 Å². The van der Waals surface area contributed by atoms with Gasteiger partial charge in [0.05, 0.1) is 12.0 Å². The van der Waals surface area contributed by atoms with Crippen molar-refractivity contribution in [1.82, 2.24) is 20.2 Å². The van der Waals surface area contributed by atoms with Crippen molar-refractivity contribution >= 4 is 17.5 Å². The predicted molar refractivity (Wildman–Crippen MR) is 105 cm³/mol. The minimum atomic E-state index is 0.0599. The molecule has 7 heteroatoms. The third-order valence-corrected chi connectivity index (χ3v) is 5.79. The number of benzene rings is 2. The van der Waals surface area contributed by atoms with Crippen molar-refractivity contribution in [3.63, 3.8) is 0 Å². The number of ketones is 1. The van der Waals surface area contributed by atoms with Gasteiger partial charge in [0, 0.05) is 5.56 Å². The van der Waals surface area contributed by atoms with Gasteiger partial charge in [-0.1, -0.05) is 48.2 Å². The van der Waals surface area contributed by atoms with E-state index in [9.17, 15) is 4.79 Å². The molecule has 138 valence electrons. The highest BCUT2D eigenvalue weighted by Gasteiger charge is 2.20. The van der Waals surface area contributed by atoms with Crippen molar-refractivity contribution in [2.24, 2.45) is 0 Å². The van der Waals surface area contributed by atoms with E-state index in [4.69, 9.17) is 4.42 Å². The van der Waals surface area contributed by atoms with Gasteiger partial charge in [0.15, 0.2) is 5.78 Å². The number of aromatic nitrogens is 4. The Labute approximate surface area is 165 Å². The highest BCUT2D eigenvalue weighted by Crippen LogP contribution is 2.37. The molecule has 2 aromatic carbocycles. The lowest BCUT2D eigenvalue weighted by Gasteiger charge is -2.06. The van der Waals surface area contributed by atoms with Crippen LogP contribution in [0.5, 0.6) is 0 Å². The number of rotatable bonds is 6. The van der Waals surface area contributed by atoms with E-state index in [0.29, 0.717) is 17.3 Å². The smallest absolute Gasteiger partial charge is 0.210 e. The number of nitrogens with zero attached hydrogens (tertiary/aromatic N) is 4. The van der Waals surface area contributed by atoms with Crippen molar-refractivity contribution in [3.8, 4) is 11.1 Å². The molecule has 0 spiro atoms. The molecule has 1 aliphatic carbocycles. The van der Waals surface area contributed by atoms with Gasteiger partial charge in [-0.25, -0.2) is 4.68 Å². The van der Waals surface area contributed by atoms with Gasteiger partial charge in [-0.05, 0) is 57.3 Å². The Kier molecular flexibility index (Phi) is 4.29. The van der Waals surface area contributed by atoms with Gasteiger partial charge in [0.25, 0.3) is 0 Å². The van der Waals surface area contributed by atoms with Crippen LogP contribution in [0.4, 0.5) is 0 Å². The maximum absolute atomic E-state index is 12.8. The summed E-state index contributed by atoms with van der Waals surface area (Å²) in [5, 5.41) is 12.3. The molecule has 0 amide bonds. The Hall–Kier alpha value is -3.19. The lowest BCUT2D eigenvalue weighted by atomic mass is 10.0. The first-order valence-electron chi connectivity index (χ1n) is 8.94. The van der Waals surface area contributed by atoms with Crippen LogP contribution < -0.4 is 0 Å². The van der Waals surface area contributed by atoms with Crippen LogP contribution >= 0.6 is 11.8 Å². The summed E-state index contributed by atoms with van der Waals surface area (Å²) in [4.78, 5) is 12.8. The summed E-state index contributed by atoms with van der Waals surface area (Å²) in [5.41, 5.74) is 5.69. The Morgan fingerprint density at radius 2 is 1.96 bits per heavy atom. The molecule has 0 bridgehead atoms. The zero-order chi connectivity index (χ0) is 18.9. The van der Waals surface area contributed by atoms with Crippen LogP contribution in [-0.2, 0) is 13.0 Å². The molecule has 5 rings (SSSR count). The van der Waals surface area contributed by atoms with Crippen molar-refractivity contribution in [2.45, 2.75) is 18.1 Å². The number of fused-ring (bicyclic) bond motifs is 3. The molecule has 0 N–H and O–H groups in total. The van der Waals surface area contributed by atoms with Crippen molar-refractivity contribution in [2.75, 3.05) is 5.75 Å². The number of hydrogen-bond acceptors (Lipinski definition) is 6. The third-order valence-electron chi connectivity index (χ3n) is 4.84. The number of Topliss-reactive ketones (excluding diaryl/α,β-unsaturated/α-hetero) is 1. The van der Waals surface area contributed by atoms with E-state index in [2.05, 4.69) is 39.8 Å². The number of carbonyl (C=O) groups is 1. The zero-order valence-electron chi connectivity index (χ0n) is 14.9. The number of tetrazole rings is 1. The fraction of sp³-hybridized carbons (Fsp3) is 0.143. The van der Waals surface area contributed by atoms with Crippen LogP contribution in [0.15, 0.2) is 70.4 Å². The SMILES string of the molecule is O=C(CSc1nnnn1Cc1ccco1)c1ccc2c(c1)-c1ccccc1C2. The highest BCUT2D eigenvalue weighted by atomic mass is 32.2. The molecule has 0 fully saturated rings. The predicted octanol–water partition coefficient (Wildman–Crippen LogP) is 3.86. The molecule has 0 atom stereocenters. The number of carbonyl (C=O) groups excluding carboxylic acids is 1. The Balaban J connectivity index is 1.31. The summed E-state index contributed by atoms with van der Waals surface area (Å²) in [5.74, 6) is 1.10. The Morgan fingerprint density at radius 3 is 2.86 bits per heavy atom. The van der Waals surface area contributed by atoms with Crippen LogP contribution in [-0.4, -0.2) is 31.7 Å². The second-order valence-electron chi connectivity index (χ2n) is 6.62. The van der Waals surface area contributed by atoms with Crippen LogP contribution in [0.3, 0.4) is 0 Å². The lowest BCUT2D eigenvalue weighted by molar-refractivity contribution is 0.102. The van der Waals surface area contributed by atoms with Gasteiger partial charge in [0.1, 0.15) is 12.3 Å². The van der Waals surface area contributed by atoms with Gasteiger partial charge in [-0.2, -0.15) is 0 Å². The monoisotopic (exact) mass is 388 g/mol. The van der Waals surface area contributed by atoms with Crippen LogP contribution in [0.1, 0.15) is 27.2 Å². The molecule has 4 aromatic rings. The standard InChI is InChI=1S/C21H16N4O2S/c26-20(13-28-21-22-23-24-25(21)12-17-5-3-9-27-17)16-8-7-15-10-14-4-1-2-6-18(14)19(15)11-16/h1-9,11H,10,12-13H2. The molecule has 0 unspecified atom stereocenters. The van der Waals surface area contributed by atoms with Gasteiger partial charge in [0.2, 0.25) is 5.16 Å². The molecule has 1 aliphatic rings. The summed E-state index contributed by atoms with van der Waals surface area (Å²) in [6.07, 6.45) is 2.54. The van der Waals surface area contributed by atoms with Gasteiger partial charge in [-0.3, -0.25) is 4.79 Å². The summed E-state index contributed by atoms with van der Waals surface area (Å²) >= 11 is 1.33.